The number of hydrogen-bond acceptors (Lipinski definition) is 4. The standard InChI is InChI=1S/2C17H10BrN.2C17H10ClN.2C12H8N.2ClH.4Ni/c4*18-15-9-4-8-14(12-15)17-11-5-10-16(19-17)13-6-2-1-3-7-13;2*1-3-7-11-9(5-1)10-6-2-4-8-12(10)13-11;;;;;;/h4*1-6,8-11H;2*1-8H;2*1H;;;;/q4*-2;2*-1;;;2*+1;2*+3/p-2. The maximum atomic E-state index is 5.96. The van der Waals surface area contributed by atoms with E-state index in [-0.39, 0.29) is 33.0 Å². The fraction of sp³-hybridized carbons (Fsp3) is 0. The van der Waals surface area contributed by atoms with Gasteiger partial charge in [0.1, 0.15) is 0 Å². The maximum Gasteiger partial charge on any atom is 3.00 e. The van der Waals surface area contributed by atoms with Crippen molar-refractivity contribution >= 4 is 119 Å². The molecule has 0 aliphatic carbocycles. The zero-order valence-corrected chi connectivity index (χ0v) is 66.7. The Morgan fingerprint density at radius 1 is 0.231 bits per heavy atom. The normalized spacial score (nSPS) is 10.1. The molecule has 0 saturated carbocycles. The molecule has 16 heteroatoms. The van der Waals surface area contributed by atoms with Gasteiger partial charge in [0.15, 0.2) is 0 Å². The minimum atomic E-state index is 0. The third-order valence-electron chi connectivity index (χ3n) is 15.8. The Labute approximate surface area is 701 Å². The van der Waals surface area contributed by atoms with E-state index in [9.17, 15) is 0 Å². The first kappa shape index (κ1) is 83.0. The van der Waals surface area contributed by atoms with Gasteiger partial charge in [-0.25, -0.2) is 0 Å². The predicted molar refractivity (Wildman–Crippen MR) is 438 cm³/mol. The summed E-state index contributed by atoms with van der Waals surface area (Å²) in [7, 11) is 8.53. The Balaban J connectivity index is 0.000000148. The van der Waals surface area contributed by atoms with Gasteiger partial charge < -0.3 is 29.9 Å². The van der Waals surface area contributed by atoms with Gasteiger partial charge in [-0.3, -0.25) is 0 Å². The molecule has 0 aliphatic rings. The molecule has 108 heavy (non-hydrogen) atoms. The Hall–Kier alpha value is -9.07. The van der Waals surface area contributed by atoms with Gasteiger partial charge in [0, 0.05) is 0 Å². The van der Waals surface area contributed by atoms with Crippen LogP contribution in [0.5, 0.6) is 0 Å². The van der Waals surface area contributed by atoms with E-state index in [1.807, 2.05) is 255 Å². The molecule has 12 aromatic carbocycles. The van der Waals surface area contributed by atoms with Gasteiger partial charge in [-0.1, -0.05) is 211 Å². The number of pyridine rings is 4. The Morgan fingerprint density at radius 3 is 0.667 bits per heavy atom. The molecule has 18 rings (SSSR count). The van der Waals surface area contributed by atoms with Gasteiger partial charge in [-0.2, -0.15) is 0 Å². The first-order valence-corrected chi connectivity index (χ1v) is 37.8. The molecule has 0 atom stereocenters. The van der Waals surface area contributed by atoms with E-state index in [4.69, 9.17) is 23.2 Å². The van der Waals surface area contributed by atoms with Crippen LogP contribution in [0.4, 0.5) is 0 Å². The summed E-state index contributed by atoms with van der Waals surface area (Å²) in [6, 6.07) is 137. The molecule has 0 aliphatic heterocycles. The van der Waals surface area contributed by atoms with Crippen molar-refractivity contribution in [1.82, 2.24) is 29.9 Å². The van der Waals surface area contributed by atoms with Crippen LogP contribution in [0.15, 0.2) is 349 Å². The average Bonchev–Trinajstić information content (AvgIpc) is 1.65. The molecule has 0 fully saturated rings. The van der Waals surface area contributed by atoms with Crippen LogP contribution in [-0.2, 0) is 62.1 Å². The number of fused-ring (bicyclic) bond motifs is 6. The average molecular weight is 1780 g/mol. The topological polar surface area (TPSA) is 79.8 Å². The molecule has 2 radical (unpaired) electrons. The van der Waals surface area contributed by atoms with Crippen molar-refractivity contribution in [2.45, 2.75) is 0 Å². The minimum Gasteiger partial charge on any atom is -0.657 e. The summed E-state index contributed by atoms with van der Waals surface area (Å²) in [5.74, 6) is 0. The number of halogens is 6. The second-order valence-corrected chi connectivity index (χ2v) is 25.2. The van der Waals surface area contributed by atoms with Crippen LogP contribution in [0.2, 0.25) is 10.0 Å². The summed E-state index contributed by atoms with van der Waals surface area (Å²) in [4.78, 5) is 27.6. The van der Waals surface area contributed by atoms with E-state index in [0.717, 1.165) is 121 Å². The van der Waals surface area contributed by atoms with Crippen LogP contribution in [0.1, 0.15) is 0 Å². The summed E-state index contributed by atoms with van der Waals surface area (Å²) in [5, 5.41) is 6.18. The van der Waals surface area contributed by atoms with Crippen LogP contribution < -0.4 is 9.97 Å². The van der Waals surface area contributed by atoms with E-state index >= 15 is 0 Å². The van der Waals surface area contributed by atoms with E-state index in [2.05, 4.69) is 233 Å². The van der Waals surface area contributed by atoms with Crippen LogP contribution in [-0.4, -0.2) is 19.9 Å². The number of aromatic nitrogens is 6. The molecule has 0 saturated heterocycles. The van der Waals surface area contributed by atoms with E-state index < -0.39 is 0 Å². The monoisotopic (exact) mass is 1770 g/mol. The van der Waals surface area contributed by atoms with Crippen molar-refractivity contribution in [2.24, 2.45) is 0 Å². The number of para-hydroxylation sites is 4. The Morgan fingerprint density at radius 2 is 0.435 bits per heavy atom. The van der Waals surface area contributed by atoms with Gasteiger partial charge in [0.25, 0.3) is 0 Å². The molecule has 540 valence electrons. The molecule has 0 N–H and O–H groups in total. The third-order valence-corrected chi connectivity index (χ3v) is 17.1. The second-order valence-electron chi connectivity index (χ2n) is 22.7. The Kier molecular flexibility index (Phi) is 33.7. The van der Waals surface area contributed by atoms with Crippen molar-refractivity contribution in [3.63, 3.8) is 0 Å². The van der Waals surface area contributed by atoms with Crippen molar-refractivity contribution in [2.75, 3.05) is 0 Å². The zero-order valence-electron chi connectivity index (χ0n) is 56.5. The Bertz CT molecular complexity index is 5060. The van der Waals surface area contributed by atoms with Crippen molar-refractivity contribution in [3.8, 4) is 90.1 Å². The van der Waals surface area contributed by atoms with Crippen molar-refractivity contribution in [1.29, 1.82) is 0 Å². The van der Waals surface area contributed by atoms with Gasteiger partial charge in [0.2, 0.25) is 0 Å². The van der Waals surface area contributed by atoms with Crippen LogP contribution in [0.25, 0.3) is 134 Å². The van der Waals surface area contributed by atoms with E-state index in [1.54, 1.807) is 12.1 Å². The minimum absolute atomic E-state index is 0. The number of nitrogens with zero attached hydrogens (tertiary/aromatic N) is 6. The fourth-order valence-electron chi connectivity index (χ4n) is 11.0. The molecule has 0 bridgehead atoms. The summed E-state index contributed by atoms with van der Waals surface area (Å²) < 4.78 is 1.87. The molecule has 6 nitrogen and oxygen atoms in total. The van der Waals surface area contributed by atoms with Crippen LogP contribution in [0.3, 0.4) is 0 Å². The van der Waals surface area contributed by atoms with Crippen LogP contribution in [0, 0.1) is 48.5 Å². The van der Waals surface area contributed by atoms with Crippen molar-refractivity contribution < 1.29 is 62.1 Å². The molecule has 18 aromatic rings. The second kappa shape index (κ2) is 43.8. The molecular formula is C92H56Br2Cl4N6Ni4-4. The number of rotatable bonds is 8. The summed E-state index contributed by atoms with van der Waals surface area (Å²) in [5.41, 5.74) is 19.2. The molecule has 6 aromatic heterocycles. The SMILES string of the molecule is Brc1[c-]c(-c2cccc(-c3[c-]cccc3)n2)ccc1.Brc1[c-]c(-c2cccc(-c3[c-]cccc3)n2)ccc1.Clc1[c-]c(-c2cccc(-c3[c-]cccc3)n2)ccc1.Clc1[c-]c(-c2cccc(-c3[c-]cccc3)n2)ccc1.[Cl][Ni].[Cl][Ni].[Ni+3].[Ni+3].c1ccc2c(c1)[n-]c1ccccc12.c1ccc2c(c1)[n-]c1ccccc12. The molecule has 0 unspecified atom stereocenters. The third kappa shape index (κ3) is 23.5. The quantitative estimate of drug-likeness (QED) is 0.111. The van der Waals surface area contributed by atoms with Crippen molar-refractivity contribution in [3.05, 3.63) is 407 Å². The van der Waals surface area contributed by atoms with Gasteiger partial charge in [-0.15, -0.1) is 308 Å². The first-order chi connectivity index (χ1) is 52.2. The van der Waals surface area contributed by atoms with Gasteiger partial charge >= 0.3 is 82.5 Å². The summed E-state index contributed by atoms with van der Waals surface area (Å²) in [6.45, 7) is 0. The molecular weight excluding hydrogens is 1730 g/mol. The molecule has 0 spiro atoms. The number of benzene rings is 12. The summed E-state index contributed by atoms with van der Waals surface area (Å²) in [6.07, 6.45) is 0. The maximum absolute atomic E-state index is 5.96. The molecule has 0 amide bonds. The van der Waals surface area contributed by atoms with Gasteiger partial charge in [0.05, 0.1) is 0 Å². The number of hydrogen-bond donors (Lipinski definition) is 0. The largest absolute Gasteiger partial charge is 3.00 e. The van der Waals surface area contributed by atoms with Gasteiger partial charge in [-0.05, 0) is 77.1 Å². The summed E-state index contributed by atoms with van der Waals surface area (Å²) >= 11 is 25.5. The van der Waals surface area contributed by atoms with E-state index in [1.165, 1.54) is 21.5 Å². The first-order valence-electron chi connectivity index (χ1n) is 32.7. The van der Waals surface area contributed by atoms with Crippen LogP contribution >= 0.6 is 75.4 Å². The fourth-order valence-corrected chi connectivity index (χ4v) is 12.0. The molecule has 6 heterocycles. The zero-order chi connectivity index (χ0) is 73.7. The van der Waals surface area contributed by atoms with E-state index in [0.29, 0.717) is 10.0 Å². The predicted octanol–water partition coefficient (Wildman–Crippen LogP) is 26.2. The smallest absolute Gasteiger partial charge is 0.657 e.